The molecule has 0 aromatic heterocycles. The van der Waals surface area contributed by atoms with Gasteiger partial charge in [0.15, 0.2) is 0 Å². The Balaban J connectivity index is 1.55. The highest BCUT2D eigenvalue weighted by Gasteiger charge is 2.31. The van der Waals surface area contributed by atoms with Crippen molar-refractivity contribution in [1.82, 2.24) is 4.90 Å². The van der Waals surface area contributed by atoms with Crippen LogP contribution >= 0.6 is 0 Å². The number of hydrogen-bond donors (Lipinski definition) is 2. The third-order valence-corrected chi connectivity index (χ3v) is 5.42. The van der Waals surface area contributed by atoms with E-state index in [2.05, 4.69) is 10.6 Å². The quantitative estimate of drug-likeness (QED) is 0.726. The topological polar surface area (TPSA) is 78.5 Å². The van der Waals surface area contributed by atoms with Crippen molar-refractivity contribution in [2.45, 2.75) is 32.9 Å². The molecule has 0 unspecified atom stereocenters. The second-order valence-electron chi connectivity index (χ2n) is 7.84. The second-order valence-corrected chi connectivity index (χ2v) is 7.84. The monoisotopic (exact) mass is 447 g/mol. The zero-order valence-electron chi connectivity index (χ0n) is 17.8. The van der Waals surface area contributed by atoms with Crippen LogP contribution < -0.4 is 10.6 Å². The van der Waals surface area contributed by atoms with Crippen LogP contribution in [-0.4, -0.2) is 35.7 Å². The predicted molar refractivity (Wildman–Crippen MR) is 114 cm³/mol. The molecule has 6 nitrogen and oxygen atoms in total. The molecule has 32 heavy (non-hydrogen) atoms. The molecule has 0 saturated carbocycles. The van der Waals surface area contributed by atoms with Crippen LogP contribution in [0.5, 0.6) is 0 Å². The van der Waals surface area contributed by atoms with E-state index in [0.717, 1.165) is 17.7 Å². The van der Waals surface area contributed by atoms with E-state index in [1.807, 2.05) is 6.92 Å². The van der Waals surface area contributed by atoms with Crippen LogP contribution in [0.1, 0.15) is 41.3 Å². The van der Waals surface area contributed by atoms with Crippen molar-refractivity contribution in [2.75, 3.05) is 23.7 Å². The highest BCUT2D eigenvalue weighted by molar-refractivity contribution is 5.96. The third kappa shape index (κ3) is 5.66. The number of benzene rings is 2. The van der Waals surface area contributed by atoms with Gasteiger partial charge in [0.05, 0.1) is 5.56 Å². The Morgan fingerprint density at radius 2 is 1.59 bits per heavy atom. The molecule has 1 fully saturated rings. The van der Waals surface area contributed by atoms with Gasteiger partial charge in [-0.2, -0.15) is 13.2 Å². The number of halogens is 3. The second kappa shape index (κ2) is 9.42. The Hall–Kier alpha value is -3.36. The minimum absolute atomic E-state index is 0.154. The van der Waals surface area contributed by atoms with Gasteiger partial charge in [0.1, 0.15) is 0 Å². The predicted octanol–water partition coefficient (Wildman–Crippen LogP) is 4.46. The van der Waals surface area contributed by atoms with Gasteiger partial charge >= 0.3 is 6.18 Å². The zero-order valence-corrected chi connectivity index (χ0v) is 17.8. The van der Waals surface area contributed by atoms with Crippen LogP contribution in [-0.2, 0) is 15.8 Å². The lowest BCUT2D eigenvalue weighted by molar-refractivity contribution is -0.137. The molecule has 1 aliphatic rings. The minimum atomic E-state index is -4.45. The summed E-state index contributed by atoms with van der Waals surface area (Å²) >= 11 is 0. The molecule has 1 heterocycles. The van der Waals surface area contributed by atoms with Crippen molar-refractivity contribution < 1.29 is 27.6 Å². The Bertz CT molecular complexity index is 1010. The van der Waals surface area contributed by atoms with E-state index in [0.29, 0.717) is 37.3 Å². The normalized spacial score (nSPS) is 14.7. The molecule has 9 heteroatoms. The molecular formula is C23H24F3N3O3. The lowest BCUT2D eigenvalue weighted by Crippen LogP contribution is -2.41. The largest absolute Gasteiger partial charge is 0.416 e. The molecule has 3 amide bonds. The summed E-state index contributed by atoms with van der Waals surface area (Å²) in [5, 5.41) is 5.58. The number of piperidine rings is 1. The van der Waals surface area contributed by atoms with Crippen LogP contribution in [0, 0.1) is 12.8 Å². The Labute approximate surface area is 183 Å². The first-order chi connectivity index (χ1) is 15.0. The van der Waals surface area contributed by atoms with Crippen molar-refractivity contribution in [2.24, 2.45) is 5.92 Å². The number of amides is 3. The maximum absolute atomic E-state index is 12.7. The fourth-order valence-corrected chi connectivity index (χ4v) is 3.64. The van der Waals surface area contributed by atoms with Gasteiger partial charge in [-0.05, 0) is 67.8 Å². The number of carbonyl (C=O) groups excluding carboxylic acids is 3. The molecule has 170 valence electrons. The number of carbonyl (C=O) groups is 3. The first-order valence-corrected chi connectivity index (χ1v) is 10.2. The van der Waals surface area contributed by atoms with Gasteiger partial charge in [0.25, 0.3) is 5.91 Å². The summed E-state index contributed by atoms with van der Waals surface area (Å²) in [6.07, 6.45) is -3.53. The van der Waals surface area contributed by atoms with E-state index in [-0.39, 0.29) is 29.2 Å². The van der Waals surface area contributed by atoms with Crippen molar-refractivity contribution >= 4 is 29.1 Å². The summed E-state index contributed by atoms with van der Waals surface area (Å²) < 4.78 is 38.1. The highest BCUT2D eigenvalue weighted by Crippen LogP contribution is 2.29. The van der Waals surface area contributed by atoms with Gasteiger partial charge < -0.3 is 15.5 Å². The van der Waals surface area contributed by atoms with Crippen molar-refractivity contribution in [1.29, 1.82) is 0 Å². The maximum Gasteiger partial charge on any atom is 0.416 e. The molecule has 0 atom stereocenters. The van der Waals surface area contributed by atoms with Crippen LogP contribution in [0.15, 0.2) is 42.5 Å². The van der Waals surface area contributed by atoms with Gasteiger partial charge in [0, 0.05) is 42.9 Å². The van der Waals surface area contributed by atoms with Crippen LogP contribution in [0.3, 0.4) is 0 Å². The van der Waals surface area contributed by atoms with Gasteiger partial charge in [-0.3, -0.25) is 14.4 Å². The molecule has 0 radical (unpaired) electrons. The number of nitrogens with one attached hydrogen (secondary N) is 2. The third-order valence-electron chi connectivity index (χ3n) is 5.42. The maximum atomic E-state index is 12.7. The number of alkyl halides is 3. The molecule has 2 N–H and O–H groups in total. The molecule has 0 aliphatic carbocycles. The summed E-state index contributed by atoms with van der Waals surface area (Å²) in [5.74, 6) is -0.954. The van der Waals surface area contributed by atoms with Crippen molar-refractivity contribution in [3.05, 3.63) is 59.2 Å². The van der Waals surface area contributed by atoms with Crippen LogP contribution in [0.2, 0.25) is 0 Å². The molecule has 1 aliphatic heterocycles. The van der Waals surface area contributed by atoms with Gasteiger partial charge in [-0.25, -0.2) is 0 Å². The highest BCUT2D eigenvalue weighted by atomic mass is 19.4. The summed E-state index contributed by atoms with van der Waals surface area (Å²) in [6.45, 7) is 3.94. The van der Waals surface area contributed by atoms with Crippen molar-refractivity contribution in [3.8, 4) is 0 Å². The van der Waals surface area contributed by atoms with Crippen LogP contribution in [0.25, 0.3) is 0 Å². The first-order valence-electron chi connectivity index (χ1n) is 10.2. The standard InChI is InChI=1S/C23H24F3N3O3/c1-14-13-19(7-8-20(14)27-15(2)30)28-21(31)16-9-11-29(12-10-16)22(32)17-3-5-18(6-4-17)23(24,25)26/h3-8,13,16H,9-12H2,1-2H3,(H,27,30)(H,28,31). The molecule has 2 aromatic carbocycles. The minimum Gasteiger partial charge on any atom is -0.339 e. The smallest absolute Gasteiger partial charge is 0.339 e. The molecule has 1 saturated heterocycles. The van der Waals surface area contributed by atoms with E-state index >= 15 is 0 Å². The summed E-state index contributed by atoms with van der Waals surface area (Å²) in [5.41, 5.74) is 1.49. The number of rotatable bonds is 4. The Kier molecular flexibility index (Phi) is 6.86. The Morgan fingerprint density at radius 3 is 2.12 bits per heavy atom. The van der Waals surface area contributed by atoms with E-state index in [1.165, 1.54) is 19.1 Å². The summed E-state index contributed by atoms with van der Waals surface area (Å²) in [7, 11) is 0. The van der Waals surface area contributed by atoms with Gasteiger partial charge in [-0.15, -0.1) is 0 Å². The molecule has 0 spiro atoms. The van der Waals surface area contributed by atoms with E-state index < -0.39 is 11.7 Å². The van der Waals surface area contributed by atoms with E-state index in [4.69, 9.17) is 0 Å². The number of likely N-dealkylation sites (tertiary alicyclic amines) is 1. The average Bonchev–Trinajstić information content (AvgIpc) is 2.74. The fourth-order valence-electron chi connectivity index (χ4n) is 3.64. The average molecular weight is 447 g/mol. The Morgan fingerprint density at radius 1 is 0.969 bits per heavy atom. The van der Waals surface area contributed by atoms with Crippen LogP contribution in [0.4, 0.5) is 24.5 Å². The molecular weight excluding hydrogens is 423 g/mol. The van der Waals surface area contributed by atoms with Gasteiger partial charge in [-0.1, -0.05) is 0 Å². The molecule has 3 rings (SSSR count). The number of anilines is 2. The van der Waals surface area contributed by atoms with Crippen molar-refractivity contribution in [3.63, 3.8) is 0 Å². The summed E-state index contributed by atoms with van der Waals surface area (Å²) in [6, 6.07) is 9.34. The van der Waals surface area contributed by atoms with E-state index in [9.17, 15) is 27.6 Å². The number of hydrogen-bond acceptors (Lipinski definition) is 3. The first kappa shape index (κ1) is 23.3. The fraction of sp³-hybridized carbons (Fsp3) is 0.348. The van der Waals surface area contributed by atoms with E-state index in [1.54, 1.807) is 23.1 Å². The van der Waals surface area contributed by atoms with Gasteiger partial charge in [0.2, 0.25) is 11.8 Å². The number of aryl methyl sites for hydroxylation is 1. The lowest BCUT2D eigenvalue weighted by atomic mass is 9.95. The number of nitrogens with zero attached hydrogens (tertiary/aromatic N) is 1. The summed E-state index contributed by atoms with van der Waals surface area (Å²) in [4.78, 5) is 38.0. The SMILES string of the molecule is CC(=O)Nc1ccc(NC(=O)C2CCN(C(=O)c3ccc(C(F)(F)F)cc3)CC2)cc1C. The molecule has 2 aromatic rings. The zero-order chi connectivity index (χ0) is 23.5. The molecule has 0 bridgehead atoms. The lowest BCUT2D eigenvalue weighted by Gasteiger charge is -2.31.